The van der Waals surface area contributed by atoms with Gasteiger partial charge in [0, 0.05) is 18.7 Å². The zero-order chi connectivity index (χ0) is 16.3. The molecule has 0 unspecified atom stereocenters. The highest BCUT2D eigenvalue weighted by molar-refractivity contribution is 5.96. The van der Waals surface area contributed by atoms with Crippen LogP contribution < -0.4 is 0 Å². The quantitative estimate of drug-likeness (QED) is 0.796. The molecule has 0 bridgehead atoms. The number of hydrogen-bond donors (Lipinski definition) is 0. The van der Waals surface area contributed by atoms with Gasteiger partial charge in [-0.3, -0.25) is 4.79 Å². The smallest absolute Gasteiger partial charge is 0.411 e. The van der Waals surface area contributed by atoms with Crippen molar-refractivity contribution in [2.75, 3.05) is 26.8 Å². The third kappa shape index (κ3) is 3.97. The van der Waals surface area contributed by atoms with Gasteiger partial charge in [-0.15, -0.1) is 0 Å². The number of benzene rings is 1. The van der Waals surface area contributed by atoms with Crippen LogP contribution in [0.2, 0.25) is 0 Å². The van der Waals surface area contributed by atoms with Crippen LogP contribution in [0.1, 0.15) is 20.7 Å². The van der Waals surface area contributed by atoms with Crippen LogP contribution in [0.15, 0.2) is 24.3 Å². The summed E-state index contributed by atoms with van der Waals surface area (Å²) in [6, 6.07) is 5.85. The molecule has 5 nitrogen and oxygen atoms in total. The van der Waals surface area contributed by atoms with Crippen molar-refractivity contribution < 1.29 is 32.2 Å². The third-order valence-corrected chi connectivity index (χ3v) is 3.17. The van der Waals surface area contributed by atoms with Crippen LogP contribution in [0.5, 0.6) is 0 Å². The number of carbonyl (C=O) groups excluding carboxylic acids is 2. The molecule has 1 aromatic rings. The standard InChI is InChI=1S/C14H14F3NO4/c1-21-13(20)10-4-2-9(3-5-10)12(19)18-6-11(7-18)22-8-14(15,16)17/h2-5,11H,6-8H2,1H3. The van der Waals surface area contributed by atoms with Crippen molar-refractivity contribution >= 4 is 11.9 Å². The van der Waals surface area contributed by atoms with E-state index >= 15 is 0 Å². The third-order valence-electron chi connectivity index (χ3n) is 3.17. The van der Waals surface area contributed by atoms with Gasteiger partial charge >= 0.3 is 12.1 Å². The summed E-state index contributed by atoms with van der Waals surface area (Å²) in [4.78, 5) is 24.7. The van der Waals surface area contributed by atoms with Gasteiger partial charge in [-0.2, -0.15) is 13.2 Å². The van der Waals surface area contributed by atoms with Gasteiger partial charge in [0.25, 0.3) is 5.91 Å². The van der Waals surface area contributed by atoms with Crippen molar-refractivity contribution in [1.82, 2.24) is 4.90 Å². The Hall–Kier alpha value is -2.09. The number of halogens is 3. The molecule has 1 aliphatic rings. The van der Waals surface area contributed by atoms with Crippen LogP contribution in [-0.4, -0.2) is 55.9 Å². The summed E-state index contributed by atoms with van der Waals surface area (Å²) in [6.07, 6.45) is -4.96. The highest BCUT2D eigenvalue weighted by Gasteiger charge is 2.36. The van der Waals surface area contributed by atoms with E-state index in [0.717, 1.165) is 0 Å². The highest BCUT2D eigenvalue weighted by Crippen LogP contribution is 2.20. The molecule has 120 valence electrons. The number of methoxy groups -OCH3 is 1. The first-order chi connectivity index (χ1) is 10.3. The number of ether oxygens (including phenoxy) is 2. The number of alkyl halides is 3. The van der Waals surface area contributed by atoms with E-state index in [1.165, 1.54) is 36.3 Å². The maximum absolute atomic E-state index is 12.1. The Labute approximate surface area is 124 Å². The fraction of sp³-hybridized carbons (Fsp3) is 0.429. The lowest BCUT2D eigenvalue weighted by Gasteiger charge is -2.39. The van der Waals surface area contributed by atoms with Crippen LogP contribution in [0.25, 0.3) is 0 Å². The zero-order valence-electron chi connectivity index (χ0n) is 11.7. The van der Waals surface area contributed by atoms with Gasteiger partial charge in [0.05, 0.1) is 18.8 Å². The molecule has 1 heterocycles. The highest BCUT2D eigenvalue weighted by atomic mass is 19.4. The number of carbonyl (C=O) groups is 2. The first-order valence-corrected chi connectivity index (χ1v) is 6.46. The number of amides is 1. The van der Waals surface area contributed by atoms with E-state index in [-0.39, 0.29) is 19.0 Å². The Bertz CT molecular complexity index is 550. The van der Waals surface area contributed by atoms with Gasteiger partial charge in [0.2, 0.25) is 0 Å². The van der Waals surface area contributed by atoms with Crippen molar-refractivity contribution in [3.05, 3.63) is 35.4 Å². The summed E-state index contributed by atoms with van der Waals surface area (Å²) in [5, 5.41) is 0. The first-order valence-electron chi connectivity index (χ1n) is 6.46. The van der Waals surface area contributed by atoms with E-state index in [4.69, 9.17) is 0 Å². The SMILES string of the molecule is COC(=O)c1ccc(C(=O)N2CC(OCC(F)(F)F)C2)cc1. The minimum Gasteiger partial charge on any atom is -0.465 e. The molecular formula is C14H14F3NO4. The van der Waals surface area contributed by atoms with E-state index in [1.54, 1.807) is 0 Å². The van der Waals surface area contributed by atoms with E-state index in [1.807, 2.05) is 0 Å². The van der Waals surface area contributed by atoms with Crippen LogP contribution in [0.3, 0.4) is 0 Å². The molecule has 1 saturated heterocycles. The maximum Gasteiger partial charge on any atom is 0.411 e. The van der Waals surface area contributed by atoms with Crippen molar-refractivity contribution in [3.8, 4) is 0 Å². The van der Waals surface area contributed by atoms with Crippen molar-refractivity contribution in [2.24, 2.45) is 0 Å². The molecule has 0 saturated carbocycles. The Morgan fingerprint density at radius 1 is 1.18 bits per heavy atom. The molecule has 0 spiro atoms. The number of hydrogen-bond acceptors (Lipinski definition) is 4. The Kier molecular flexibility index (Phi) is 4.70. The molecule has 1 amide bonds. The number of nitrogens with zero attached hydrogens (tertiary/aromatic N) is 1. The number of likely N-dealkylation sites (tertiary alicyclic amines) is 1. The van der Waals surface area contributed by atoms with Gasteiger partial charge in [-0.25, -0.2) is 4.79 Å². The van der Waals surface area contributed by atoms with Gasteiger partial charge in [-0.1, -0.05) is 0 Å². The fourth-order valence-corrected chi connectivity index (χ4v) is 1.97. The van der Waals surface area contributed by atoms with Crippen LogP contribution in [-0.2, 0) is 9.47 Å². The molecule has 0 atom stereocenters. The lowest BCUT2D eigenvalue weighted by molar-refractivity contribution is -0.196. The van der Waals surface area contributed by atoms with Crippen molar-refractivity contribution in [1.29, 1.82) is 0 Å². The fourth-order valence-electron chi connectivity index (χ4n) is 1.97. The summed E-state index contributed by atoms with van der Waals surface area (Å²) in [5.74, 6) is -0.827. The molecular weight excluding hydrogens is 303 g/mol. The molecule has 2 rings (SSSR count). The van der Waals surface area contributed by atoms with E-state index in [9.17, 15) is 22.8 Å². The van der Waals surface area contributed by atoms with Crippen LogP contribution in [0, 0.1) is 0 Å². The summed E-state index contributed by atoms with van der Waals surface area (Å²) in [5.41, 5.74) is 0.663. The van der Waals surface area contributed by atoms with Crippen LogP contribution in [0.4, 0.5) is 13.2 Å². The second kappa shape index (κ2) is 6.35. The lowest BCUT2D eigenvalue weighted by atomic mass is 10.1. The Morgan fingerprint density at radius 3 is 2.23 bits per heavy atom. The van der Waals surface area contributed by atoms with Gasteiger partial charge in [0.1, 0.15) is 6.61 Å². The largest absolute Gasteiger partial charge is 0.465 e. The molecule has 1 fully saturated rings. The average molecular weight is 317 g/mol. The monoisotopic (exact) mass is 317 g/mol. The summed E-state index contributed by atoms with van der Waals surface area (Å²) >= 11 is 0. The Balaban J connectivity index is 1.85. The molecule has 1 aliphatic heterocycles. The normalized spacial score (nSPS) is 15.4. The van der Waals surface area contributed by atoms with Crippen molar-refractivity contribution in [3.63, 3.8) is 0 Å². The second-order valence-electron chi connectivity index (χ2n) is 4.83. The summed E-state index contributed by atoms with van der Waals surface area (Å²) < 4.78 is 45.1. The molecule has 22 heavy (non-hydrogen) atoms. The summed E-state index contributed by atoms with van der Waals surface area (Å²) in [6.45, 7) is -1.07. The van der Waals surface area contributed by atoms with Crippen molar-refractivity contribution in [2.45, 2.75) is 12.3 Å². The van der Waals surface area contributed by atoms with E-state index < -0.39 is 24.9 Å². The van der Waals surface area contributed by atoms with Gasteiger partial charge < -0.3 is 14.4 Å². The molecule has 1 aromatic carbocycles. The zero-order valence-corrected chi connectivity index (χ0v) is 11.7. The summed E-state index contributed by atoms with van der Waals surface area (Å²) in [7, 11) is 1.25. The minimum absolute atomic E-state index is 0.119. The molecule has 0 aliphatic carbocycles. The Morgan fingerprint density at radius 2 is 1.73 bits per heavy atom. The molecule has 0 radical (unpaired) electrons. The van der Waals surface area contributed by atoms with Gasteiger partial charge in [0.15, 0.2) is 0 Å². The van der Waals surface area contributed by atoms with Crippen LogP contribution >= 0.6 is 0 Å². The maximum atomic E-state index is 12.1. The predicted molar refractivity (Wildman–Crippen MR) is 69.5 cm³/mol. The average Bonchev–Trinajstić information content (AvgIpc) is 2.43. The molecule has 8 heteroatoms. The minimum atomic E-state index is -4.37. The number of esters is 1. The predicted octanol–water partition coefficient (Wildman–Crippen LogP) is 1.88. The molecule has 0 aromatic heterocycles. The topological polar surface area (TPSA) is 55.8 Å². The first kappa shape index (κ1) is 16.3. The molecule has 0 N–H and O–H groups in total. The van der Waals surface area contributed by atoms with E-state index in [2.05, 4.69) is 9.47 Å². The second-order valence-corrected chi connectivity index (χ2v) is 4.83. The van der Waals surface area contributed by atoms with E-state index in [0.29, 0.717) is 11.1 Å². The van der Waals surface area contributed by atoms with Gasteiger partial charge in [-0.05, 0) is 24.3 Å². The lowest BCUT2D eigenvalue weighted by Crippen LogP contribution is -2.55. The number of rotatable bonds is 4.